The highest BCUT2D eigenvalue weighted by Crippen LogP contribution is 2.32. The molecule has 37 heavy (non-hydrogen) atoms. The number of hydrogen-bond acceptors (Lipinski definition) is 5. The third-order valence-electron chi connectivity index (χ3n) is 5.79. The lowest BCUT2D eigenvalue weighted by molar-refractivity contribution is 0.407. The summed E-state index contributed by atoms with van der Waals surface area (Å²) in [6.07, 6.45) is 3.72. The van der Waals surface area contributed by atoms with Crippen molar-refractivity contribution in [3.63, 3.8) is 0 Å². The largest absolute Gasteiger partial charge is 0.508 e. The van der Waals surface area contributed by atoms with Crippen LogP contribution in [-0.2, 0) is 4.74 Å². The van der Waals surface area contributed by atoms with Crippen LogP contribution in [0.15, 0.2) is 84.9 Å². The monoisotopic (exact) mass is 494 g/mol. The highest BCUT2D eigenvalue weighted by atomic mass is 16.5. The van der Waals surface area contributed by atoms with Crippen LogP contribution in [0.25, 0.3) is 23.7 Å². The Labute approximate surface area is 217 Å². The first-order valence-electron chi connectivity index (χ1n) is 11.8. The summed E-state index contributed by atoms with van der Waals surface area (Å²) in [6.45, 7) is 4.06. The molecule has 0 bridgehead atoms. The molecule has 0 saturated heterocycles. The van der Waals surface area contributed by atoms with Gasteiger partial charge in [0.2, 0.25) is 0 Å². The van der Waals surface area contributed by atoms with Gasteiger partial charge in [0, 0.05) is 23.3 Å². The summed E-state index contributed by atoms with van der Waals surface area (Å²) >= 11 is 0. The third kappa shape index (κ3) is 6.73. The summed E-state index contributed by atoms with van der Waals surface area (Å²) in [4.78, 5) is 0. The predicted molar refractivity (Wildman–Crippen MR) is 149 cm³/mol. The number of methoxy groups -OCH3 is 2. The van der Waals surface area contributed by atoms with E-state index in [1.165, 1.54) is 0 Å². The maximum atomic E-state index is 10.2. The van der Waals surface area contributed by atoms with Crippen LogP contribution < -0.4 is 9.47 Å². The SMILES string of the molecule is COc1cc(O)cc(/C=C(/O/C(=C/c2cc(O)cc(OC)c2)c2ccc(C)cc2)c2ccc(C)cc2)c1. The molecular weight excluding hydrogens is 464 g/mol. The second-order valence-electron chi connectivity index (χ2n) is 8.78. The van der Waals surface area contributed by atoms with E-state index in [1.807, 2.05) is 86.7 Å². The quantitative estimate of drug-likeness (QED) is 0.197. The maximum absolute atomic E-state index is 10.2. The maximum Gasteiger partial charge on any atom is 0.135 e. The van der Waals surface area contributed by atoms with E-state index >= 15 is 0 Å². The fraction of sp³-hybridized carbons (Fsp3) is 0.125. The predicted octanol–water partition coefficient (Wildman–Crippen LogP) is 7.44. The van der Waals surface area contributed by atoms with Crippen LogP contribution in [0.2, 0.25) is 0 Å². The lowest BCUT2D eigenvalue weighted by atomic mass is 10.1. The number of rotatable bonds is 8. The lowest BCUT2D eigenvalue weighted by Gasteiger charge is -2.16. The molecule has 5 nitrogen and oxygen atoms in total. The first kappa shape index (κ1) is 25.5. The van der Waals surface area contributed by atoms with E-state index in [0.717, 1.165) is 33.4 Å². The average molecular weight is 495 g/mol. The molecule has 0 radical (unpaired) electrons. The van der Waals surface area contributed by atoms with E-state index in [1.54, 1.807) is 38.5 Å². The summed E-state index contributed by atoms with van der Waals surface area (Å²) in [7, 11) is 3.11. The van der Waals surface area contributed by atoms with Crippen LogP contribution in [0, 0.1) is 13.8 Å². The molecule has 0 saturated carbocycles. The van der Waals surface area contributed by atoms with Crippen molar-refractivity contribution in [2.45, 2.75) is 13.8 Å². The molecule has 0 aliphatic heterocycles. The van der Waals surface area contributed by atoms with E-state index in [0.29, 0.717) is 23.0 Å². The van der Waals surface area contributed by atoms with Crippen molar-refractivity contribution in [3.8, 4) is 23.0 Å². The number of ether oxygens (including phenoxy) is 3. The molecule has 0 amide bonds. The van der Waals surface area contributed by atoms with Crippen LogP contribution in [0.4, 0.5) is 0 Å². The summed E-state index contributed by atoms with van der Waals surface area (Å²) in [5.41, 5.74) is 5.41. The second kappa shape index (κ2) is 11.4. The summed E-state index contributed by atoms with van der Waals surface area (Å²) in [6, 6.07) is 26.1. The van der Waals surface area contributed by atoms with Crippen LogP contribution in [-0.4, -0.2) is 24.4 Å². The molecule has 0 aliphatic carbocycles. The molecule has 0 heterocycles. The molecule has 5 heteroatoms. The Morgan fingerprint density at radius 1 is 0.568 bits per heavy atom. The normalized spacial score (nSPS) is 11.8. The van der Waals surface area contributed by atoms with E-state index in [4.69, 9.17) is 14.2 Å². The second-order valence-corrected chi connectivity index (χ2v) is 8.78. The lowest BCUT2D eigenvalue weighted by Crippen LogP contribution is -1.95. The summed E-state index contributed by atoms with van der Waals surface area (Å²) < 4.78 is 17.3. The number of aryl methyl sites for hydroxylation is 2. The zero-order chi connectivity index (χ0) is 26.4. The molecule has 0 aliphatic rings. The fourth-order valence-electron chi connectivity index (χ4n) is 3.81. The molecule has 4 aromatic rings. The van der Waals surface area contributed by atoms with E-state index in [-0.39, 0.29) is 11.5 Å². The summed E-state index contributed by atoms with van der Waals surface area (Å²) in [5.74, 6) is 2.41. The standard InChI is InChI=1S/C32H30O5/c1-21-5-9-25(10-6-21)31(17-23-13-27(33)19-29(15-23)35-3)37-32(26-11-7-22(2)8-12-26)18-24-14-28(34)20-30(16-24)36-4/h5-20,33-34H,1-4H3/b31-17+,32-18+. The topological polar surface area (TPSA) is 68.2 Å². The first-order chi connectivity index (χ1) is 17.8. The van der Waals surface area contributed by atoms with E-state index in [9.17, 15) is 10.2 Å². The third-order valence-corrected chi connectivity index (χ3v) is 5.79. The van der Waals surface area contributed by atoms with Gasteiger partial charge in [-0.15, -0.1) is 0 Å². The Kier molecular flexibility index (Phi) is 7.84. The highest BCUT2D eigenvalue weighted by molar-refractivity contribution is 5.86. The Morgan fingerprint density at radius 3 is 1.30 bits per heavy atom. The molecule has 0 atom stereocenters. The van der Waals surface area contributed by atoms with Crippen LogP contribution in [0.1, 0.15) is 33.4 Å². The van der Waals surface area contributed by atoms with Gasteiger partial charge in [0.15, 0.2) is 0 Å². The number of phenols is 2. The fourth-order valence-corrected chi connectivity index (χ4v) is 3.81. The first-order valence-corrected chi connectivity index (χ1v) is 11.8. The minimum absolute atomic E-state index is 0.0926. The molecule has 4 rings (SSSR count). The molecule has 4 aromatic carbocycles. The van der Waals surface area contributed by atoms with Crippen molar-refractivity contribution >= 4 is 23.7 Å². The van der Waals surface area contributed by atoms with Gasteiger partial charge in [0.1, 0.15) is 34.5 Å². The minimum atomic E-state index is 0.0926. The van der Waals surface area contributed by atoms with Gasteiger partial charge < -0.3 is 24.4 Å². The van der Waals surface area contributed by atoms with Gasteiger partial charge in [0.25, 0.3) is 0 Å². The molecular formula is C32H30O5. The molecule has 188 valence electrons. The zero-order valence-corrected chi connectivity index (χ0v) is 21.4. The van der Waals surface area contributed by atoms with Crippen molar-refractivity contribution < 1.29 is 24.4 Å². The minimum Gasteiger partial charge on any atom is -0.508 e. The van der Waals surface area contributed by atoms with Gasteiger partial charge in [-0.3, -0.25) is 0 Å². The molecule has 2 N–H and O–H groups in total. The van der Waals surface area contributed by atoms with Crippen LogP contribution in [0.3, 0.4) is 0 Å². The van der Waals surface area contributed by atoms with E-state index < -0.39 is 0 Å². The molecule has 0 unspecified atom stereocenters. The smallest absolute Gasteiger partial charge is 0.135 e. The molecule has 0 aromatic heterocycles. The number of aromatic hydroxyl groups is 2. The highest BCUT2D eigenvalue weighted by Gasteiger charge is 2.12. The number of phenolic OH excluding ortho intramolecular Hbond substituents is 2. The van der Waals surface area contributed by atoms with Gasteiger partial charge in [-0.1, -0.05) is 59.7 Å². The van der Waals surface area contributed by atoms with Gasteiger partial charge in [-0.25, -0.2) is 0 Å². The average Bonchev–Trinajstić information content (AvgIpc) is 2.88. The van der Waals surface area contributed by atoms with Crippen LogP contribution >= 0.6 is 0 Å². The number of benzene rings is 4. The summed E-state index contributed by atoms with van der Waals surface area (Å²) in [5, 5.41) is 20.4. The van der Waals surface area contributed by atoms with Crippen molar-refractivity contribution in [3.05, 3.63) is 118 Å². The van der Waals surface area contributed by atoms with Gasteiger partial charge in [-0.05, 0) is 61.4 Å². The zero-order valence-electron chi connectivity index (χ0n) is 21.4. The van der Waals surface area contributed by atoms with Crippen molar-refractivity contribution in [1.29, 1.82) is 0 Å². The Hall–Kier alpha value is -4.64. The van der Waals surface area contributed by atoms with Crippen molar-refractivity contribution in [1.82, 2.24) is 0 Å². The Balaban J connectivity index is 1.86. The van der Waals surface area contributed by atoms with Gasteiger partial charge >= 0.3 is 0 Å². The van der Waals surface area contributed by atoms with Gasteiger partial charge in [-0.2, -0.15) is 0 Å². The van der Waals surface area contributed by atoms with Crippen molar-refractivity contribution in [2.75, 3.05) is 14.2 Å². The molecule has 0 fully saturated rings. The van der Waals surface area contributed by atoms with Gasteiger partial charge in [0.05, 0.1) is 14.2 Å². The Morgan fingerprint density at radius 2 is 0.946 bits per heavy atom. The molecule has 0 spiro atoms. The number of hydrogen-bond donors (Lipinski definition) is 2. The Bertz CT molecular complexity index is 1320. The van der Waals surface area contributed by atoms with Crippen LogP contribution in [0.5, 0.6) is 23.0 Å². The van der Waals surface area contributed by atoms with Crippen molar-refractivity contribution in [2.24, 2.45) is 0 Å². The van der Waals surface area contributed by atoms with E-state index in [2.05, 4.69) is 0 Å².